The SMILES string of the molecule is Cc1cccc(C(=O)N2CCC(C(NC(=O)c3ccccc3)C(=O)N3CCCC3)CC2)c1. The predicted octanol–water partition coefficient (Wildman–Crippen LogP) is 3.27. The highest BCUT2D eigenvalue weighted by atomic mass is 16.2. The zero-order valence-electron chi connectivity index (χ0n) is 18.6. The minimum atomic E-state index is -0.558. The second kappa shape index (κ2) is 9.98. The van der Waals surface area contributed by atoms with Crippen molar-refractivity contribution >= 4 is 17.7 Å². The van der Waals surface area contributed by atoms with Gasteiger partial charge in [-0.15, -0.1) is 0 Å². The van der Waals surface area contributed by atoms with E-state index < -0.39 is 6.04 Å². The number of nitrogens with zero attached hydrogens (tertiary/aromatic N) is 2. The molecular formula is C26H31N3O3. The smallest absolute Gasteiger partial charge is 0.253 e. The lowest BCUT2D eigenvalue weighted by molar-refractivity contribution is -0.134. The average molecular weight is 434 g/mol. The Morgan fingerprint density at radius 3 is 2.16 bits per heavy atom. The first-order valence-electron chi connectivity index (χ1n) is 11.5. The maximum absolute atomic E-state index is 13.3. The van der Waals surface area contributed by atoms with E-state index in [4.69, 9.17) is 0 Å². The molecule has 2 aliphatic heterocycles. The summed E-state index contributed by atoms with van der Waals surface area (Å²) in [7, 11) is 0. The number of hydrogen-bond acceptors (Lipinski definition) is 3. The third-order valence-electron chi connectivity index (χ3n) is 6.57. The molecule has 0 bridgehead atoms. The number of amides is 3. The van der Waals surface area contributed by atoms with Gasteiger partial charge in [0, 0.05) is 37.3 Å². The van der Waals surface area contributed by atoms with Crippen LogP contribution in [0.15, 0.2) is 54.6 Å². The molecule has 32 heavy (non-hydrogen) atoms. The van der Waals surface area contributed by atoms with Gasteiger partial charge in [-0.25, -0.2) is 0 Å². The van der Waals surface area contributed by atoms with Gasteiger partial charge in [0.15, 0.2) is 0 Å². The van der Waals surface area contributed by atoms with Gasteiger partial charge >= 0.3 is 0 Å². The second-order valence-corrected chi connectivity index (χ2v) is 8.85. The standard InChI is InChI=1S/C26H31N3O3/c1-19-8-7-11-22(18-19)25(31)29-16-12-20(13-17-29)23(26(32)28-14-5-6-15-28)27-24(30)21-9-3-2-4-10-21/h2-4,7-11,18,20,23H,5-6,12-17H2,1H3,(H,27,30). The number of piperidine rings is 1. The van der Waals surface area contributed by atoms with Crippen molar-refractivity contribution in [2.24, 2.45) is 5.92 Å². The molecule has 0 radical (unpaired) electrons. The molecule has 168 valence electrons. The molecule has 0 spiro atoms. The first-order chi connectivity index (χ1) is 15.5. The number of carbonyl (C=O) groups is 3. The summed E-state index contributed by atoms with van der Waals surface area (Å²) in [6.45, 7) is 4.65. The van der Waals surface area contributed by atoms with Gasteiger partial charge in [0.1, 0.15) is 6.04 Å². The number of benzene rings is 2. The number of likely N-dealkylation sites (tertiary alicyclic amines) is 2. The normalized spacial score (nSPS) is 17.8. The van der Waals surface area contributed by atoms with Crippen molar-refractivity contribution in [1.29, 1.82) is 0 Å². The molecule has 1 atom stereocenters. The van der Waals surface area contributed by atoms with Crippen LogP contribution in [0.25, 0.3) is 0 Å². The zero-order valence-corrected chi connectivity index (χ0v) is 18.6. The first-order valence-corrected chi connectivity index (χ1v) is 11.5. The minimum absolute atomic E-state index is 0.00948. The van der Waals surface area contributed by atoms with Gasteiger partial charge in [0.2, 0.25) is 5.91 Å². The molecule has 0 aromatic heterocycles. The zero-order chi connectivity index (χ0) is 22.5. The van der Waals surface area contributed by atoms with Gasteiger partial charge in [-0.2, -0.15) is 0 Å². The van der Waals surface area contributed by atoms with E-state index in [2.05, 4.69) is 5.32 Å². The van der Waals surface area contributed by atoms with Crippen LogP contribution in [0.3, 0.4) is 0 Å². The van der Waals surface area contributed by atoms with Crippen LogP contribution in [0.4, 0.5) is 0 Å². The summed E-state index contributed by atoms with van der Waals surface area (Å²) in [6.07, 6.45) is 3.40. The number of rotatable bonds is 5. The fourth-order valence-electron chi connectivity index (χ4n) is 4.73. The van der Waals surface area contributed by atoms with Crippen molar-refractivity contribution in [3.8, 4) is 0 Å². The molecule has 2 aliphatic rings. The van der Waals surface area contributed by atoms with Crippen molar-refractivity contribution in [2.75, 3.05) is 26.2 Å². The number of aryl methyl sites for hydroxylation is 1. The van der Waals surface area contributed by atoms with Crippen molar-refractivity contribution in [2.45, 2.75) is 38.6 Å². The topological polar surface area (TPSA) is 69.7 Å². The van der Waals surface area contributed by atoms with Gasteiger partial charge < -0.3 is 15.1 Å². The minimum Gasteiger partial charge on any atom is -0.341 e. The van der Waals surface area contributed by atoms with Crippen LogP contribution < -0.4 is 5.32 Å². The summed E-state index contributed by atoms with van der Waals surface area (Å²) >= 11 is 0. The molecule has 1 unspecified atom stereocenters. The Hall–Kier alpha value is -3.15. The lowest BCUT2D eigenvalue weighted by atomic mass is 9.88. The largest absolute Gasteiger partial charge is 0.341 e. The summed E-state index contributed by atoms with van der Waals surface area (Å²) in [5.74, 6) is -0.170. The van der Waals surface area contributed by atoms with Crippen LogP contribution in [0, 0.1) is 12.8 Å². The van der Waals surface area contributed by atoms with E-state index in [-0.39, 0.29) is 23.6 Å². The Balaban J connectivity index is 1.45. The van der Waals surface area contributed by atoms with Gasteiger partial charge in [0.05, 0.1) is 0 Å². The summed E-state index contributed by atoms with van der Waals surface area (Å²) in [6, 6.07) is 16.1. The molecule has 0 aliphatic carbocycles. The van der Waals surface area contributed by atoms with Gasteiger partial charge in [0.25, 0.3) is 11.8 Å². The molecule has 2 saturated heterocycles. The third-order valence-corrected chi connectivity index (χ3v) is 6.57. The van der Waals surface area contributed by atoms with E-state index in [0.29, 0.717) is 37.1 Å². The van der Waals surface area contributed by atoms with E-state index in [1.54, 1.807) is 12.1 Å². The summed E-state index contributed by atoms with van der Waals surface area (Å²) in [4.78, 5) is 42.8. The molecule has 2 aromatic carbocycles. The molecule has 3 amide bonds. The van der Waals surface area contributed by atoms with Crippen molar-refractivity contribution in [3.63, 3.8) is 0 Å². The van der Waals surface area contributed by atoms with Crippen molar-refractivity contribution < 1.29 is 14.4 Å². The average Bonchev–Trinajstić information content (AvgIpc) is 3.37. The monoisotopic (exact) mass is 433 g/mol. The first kappa shape index (κ1) is 22.1. The Morgan fingerprint density at radius 1 is 0.844 bits per heavy atom. The Bertz CT molecular complexity index is 961. The van der Waals surface area contributed by atoms with Crippen LogP contribution in [-0.4, -0.2) is 59.7 Å². The molecule has 1 N–H and O–H groups in total. The molecule has 6 heteroatoms. The second-order valence-electron chi connectivity index (χ2n) is 8.85. The molecule has 2 aromatic rings. The number of hydrogen-bond donors (Lipinski definition) is 1. The molecule has 2 heterocycles. The lowest BCUT2D eigenvalue weighted by Gasteiger charge is -2.37. The van der Waals surface area contributed by atoms with Crippen LogP contribution in [0.5, 0.6) is 0 Å². The van der Waals surface area contributed by atoms with Crippen LogP contribution in [0.1, 0.15) is 52.0 Å². The number of carbonyl (C=O) groups excluding carboxylic acids is 3. The predicted molar refractivity (Wildman–Crippen MR) is 123 cm³/mol. The lowest BCUT2D eigenvalue weighted by Crippen LogP contribution is -2.54. The molecule has 0 saturated carbocycles. The van der Waals surface area contributed by atoms with Gasteiger partial charge in [-0.1, -0.05) is 35.9 Å². The summed E-state index contributed by atoms with van der Waals surface area (Å²) in [5, 5.41) is 3.03. The highest BCUT2D eigenvalue weighted by molar-refractivity contribution is 5.97. The maximum atomic E-state index is 13.3. The third kappa shape index (κ3) is 5.01. The Kier molecular flexibility index (Phi) is 6.88. The van der Waals surface area contributed by atoms with E-state index in [1.807, 2.05) is 59.2 Å². The van der Waals surface area contributed by atoms with E-state index in [0.717, 1.165) is 31.5 Å². The maximum Gasteiger partial charge on any atom is 0.253 e. The van der Waals surface area contributed by atoms with Gasteiger partial charge in [-0.05, 0) is 62.8 Å². The van der Waals surface area contributed by atoms with E-state index in [1.165, 1.54) is 0 Å². The quantitative estimate of drug-likeness (QED) is 0.787. The highest BCUT2D eigenvalue weighted by Crippen LogP contribution is 2.25. The van der Waals surface area contributed by atoms with Crippen LogP contribution in [-0.2, 0) is 4.79 Å². The van der Waals surface area contributed by atoms with Crippen molar-refractivity contribution in [3.05, 3.63) is 71.3 Å². The molecule has 6 nitrogen and oxygen atoms in total. The molecular weight excluding hydrogens is 402 g/mol. The fraction of sp³-hybridized carbons (Fsp3) is 0.423. The molecule has 2 fully saturated rings. The van der Waals surface area contributed by atoms with Crippen LogP contribution in [0.2, 0.25) is 0 Å². The summed E-state index contributed by atoms with van der Waals surface area (Å²) in [5.41, 5.74) is 2.31. The van der Waals surface area contributed by atoms with Crippen molar-refractivity contribution in [1.82, 2.24) is 15.1 Å². The fourth-order valence-corrected chi connectivity index (χ4v) is 4.73. The summed E-state index contributed by atoms with van der Waals surface area (Å²) < 4.78 is 0. The van der Waals surface area contributed by atoms with E-state index >= 15 is 0 Å². The van der Waals surface area contributed by atoms with Crippen LogP contribution >= 0.6 is 0 Å². The number of nitrogens with one attached hydrogen (secondary N) is 1. The Labute approximate surface area is 189 Å². The van der Waals surface area contributed by atoms with Gasteiger partial charge in [-0.3, -0.25) is 14.4 Å². The molecule has 4 rings (SSSR count). The van der Waals surface area contributed by atoms with E-state index in [9.17, 15) is 14.4 Å². The Morgan fingerprint density at radius 2 is 1.50 bits per heavy atom. The highest BCUT2D eigenvalue weighted by Gasteiger charge is 2.37.